The third kappa shape index (κ3) is 2.40. The standard InChI is InChI=1S/C14H18N2OS/c1-4-14(2,15)13-16-11(9-18-13)10-7-5-6-8-12(10)17-3/h5-9H,4,15H2,1-3H3. The molecular weight excluding hydrogens is 244 g/mol. The van der Waals surface area contributed by atoms with E-state index in [1.54, 1.807) is 18.4 Å². The second kappa shape index (κ2) is 5.08. The van der Waals surface area contributed by atoms with E-state index < -0.39 is 0 Å². The molecule has 0 aliphatic carbocycles. The van der Waals surface area contributed by atoms with Gasteiger partial charge < -0.3 is 10.5 Å². The Labute approximate surface area is 112 Å². The first-order valence-electron chi connectivity index (χ1n) is 5.96. The van der Waals surface area contributed by atoms with E-state index >= 15 is 0 Å². The number of aromatic nitrogens is 1. The molecule has 0 aliphatic heterocycles. The molecule has 4 heteroatoms. The smallest absolute Gasteiger partial charge is 0.128 e. The van der Waals surface area contributed by atoms with Crippen molar-refractivity contribution in [2.45, 2.75) is 25.8 Å². The molecule has 0 amide bonds. The third-order valence-electron chi connectivity index (χ3n) is 3.11. The van der Waals surface area contributed by atoms with Crippen molar-refractivity contribution in [3.63, 3.8) is 0 Å². The Morgan fingerprint density at radius 1 is 1.39 bits per heavy atom. The van der Waals surface area contributed by atoms with E-state index in [1.165, 1.54) is 0 Å². The van der Waals surface area contributed by atoms with E-state index in [9.17, 15) is 0 Å². The second-order valence-corrected chi connectivity index (χ2v) is 5.37. The summed E-state index contributed by atoms with van der Waals surface area (Å²) in [6.07, 6.45) is 0.867. The summed E-state index contributed by atoms with van der Waals surface area (Å²) in [4.78, 5) is 4.65. The highest BCUT2D eigenvalue weighted by molar-refractivity contribution is 7.10. The minimum atomic E-state index is -0.356. The van der Waals surface area contributed by atoms with Crippen molar-refractivity contribution in [1.29, 1.82) is 0 Å². The van der Waals surface area contributed by atoms with Gasteiger partial charge in [-0.3, -0.25) is 0 Å². The Hall–Kier alpha value is -1.39. The van der Waals surface area contributed by atoms with Crippen LogP contribution in [0.3, 0.4) is 0 Å². The van der Waals surface area contributed by atoms with Crippen molar-refractivity contribution in [3.8, 4) is 17.0 Å². The third-order valence-corrected chi connectivity index (χ3v) is 4.23. The number of nitrogens with two attached hydrogens (primary N) is 1. The summed E-state index contributed by atoms with van der Waals surface area (Å²) in [5.41, 5.74) is 7.80. The lowest BCUT2D eigenvalue weighted by Gasteiger charge is -2.19. The van der Waals surface area contributed by atoms with Crippen molar-refractivity contribution >= 4 is 11.3 Å². The van der Waals surface area contributed by atoms with E-state index in [2.05, 4.69) is 11.9 Å². The lowest BCUT2D eigenvalue weighted by Crippen LogP contribution is -2.31. The maximum atomic E-state index is 6.22. The number of nitrogens with zero attached hydrogens (tertiary/aromatic N) is 1. The number of ether oxygens (including phenoxy) is 1. The fourth-order valence-corrected chi connectivity index (χ4v) is 2.63. The molecule has 0 bridgehead atoms. The quantitative estimate of drug-likeness (QED) is 0.918. The summed E-state index contributed by atoms with van der Waals surface area (Å²) in [6, 6.07) is 7.89. The molecule has 1 unspecified atom stereocenters. The molecule has 0 saturated heterocycles. The number of hydrogen-bond donors (Lipinski definition) is 1. The van der Waals surface area contributed by atoms with Gasteiger partial charge in [-0.15, -0.1) is 11.3 Å². The van der Waals surface area contributed by atoms with Crippen LogP contribution in [0.25, 0.3) is 11.3 Å². The summed E-state index contributed by atoms with van der Waals surface area (Å²) in [5.74, 6) is 0.838. The summed E-state index contributed by atoms with van der Waals surface area (Å²) in [5, 5.41) is 3.00. The van der Waals surface area contributed by atoms with Crippen LogP contribution in [0.5, 0.6) is 5.75 Å². The van der Waals surface area contributed by atoms with Gasteiger partial charge in [0, 0.05) is 10.9 Å². The lowest BCUT2D eigenvalue weighted by molar-refractivity contribution is 0.416. The zero-order valence-electron chi connectivity index (χ0n) is 10.9. The molecule has 1 aromatic carbocycles. The van der Waals surface area contributed by atoms with Gasteiger partial charge in [-0.2, -0.15) is 0 Å². The SMILES string of the molecule is CCC(C)(N)c1nc(-c2ccccc2OC)cs1. The van der Waals surface area contributed by atoms with E-state index in [1.807, 2.05) is 36.6 Å². The maximum Gasteiger partial charge on any atom is 0.128 e. The van der Waals surface area contributed by atoms with Crippen LogP contribution >= 0.6 is 11.3 Å². The summed E-state index contributed by atoms with van der Waals surface area (Å²) < 4.78 is 5.35. The fraction of sp³-hybridized carbons (Fsp3) is 0.357. The zero-order valence-corrected chi connectivity index (χ0v) is 11.8. The monoisotopic (exact) mass is 262 g/mol. The molecule has 0 saturated carbocycles. The molecule has 0 radical (unpaired) electrons. The molecule has 0 fully saturated rings. The first-order valence-corrected chi connectivity index (χ1v) is 6.84. The topological polar surface area (TPSA) is 48.1 Å². The van der Waals surface area contributed by atoms with Crippen LogP contribution in [-0.2, 0) is 5.54 Å². The molecule has 2 N–H and O–H groups in total. The molecule has 0 aliphatic rings. The van der Waals surface area contributed by atoms with E-state index in [-0.39, 0.29) is 5.54 Å². The molecule has 18 heavy (non-hydrogen) atoms. The number of methoxy groups -OCH3 is 1. The number of para-hydroxylation sites is 1. The average molecular weight is 262 g/mol. The van der Waals surface area contributed by atoms with Crippen molar-refractivity contribution in [2.24, 2.45) is 5.73 Å². The largest absolute Gasteiger partial charge is 0.496 e. The highest BCUT2D eigenvalue weighted by Crippen LogP contribution is 2.33. The Bertz CT molecular complexity index is 534. The molecule has 3 nitrogen and oxygen atoms in total. The van der Waals surface area contributed by atoms with Crippen molar-refractivity contribution < 1.29 is 4.74 Å². The number of thiazole rings is 1. The fourth-order valence-electron chi connectivity index (χ4n) is 1.67. The first kappa shape index (κ1) is 13.1. The summed E-state index contributed by atoms with van der Waals surface area (Å²) in [7, 11) is 1.67. The summed E-state index contributed by atoms with van der Waals surface area (Å²) in [6.45, 7) is 4.09. The predicted molar refractivity (Wildman–Crippen MR) is 75.9 cm³/mol. The van der Waals surface area contributed by atoms with Gasteiger partial charge in [-0.05, 0) is 25.5 Å². The Kier molecular flexibility index (Phi) is 3.68. The normalized spacial score (nSPS) is 14.2. The number of benzene rings is 1. The van der Waals surface area contributed by atoms with Gasteiger partial charge in [0.2, 0.25) is 0 Å². The minimum absolute atomic E-state index is 0.356. The lowest BCUT2D eigenvalue weighted by atomic mass is 10.0. The van der Waals surface area contributed by atoms with Crippen LogP contribution in [0.2, 0.25) is 0 Å². The van der Waals surface area contributed by atoms with Gasteiger partial charge >= 0.3 is 0 Å². The van der Waals surface area contributed by atoms with E-state index in [4.69, 9.17) is 10.5 Å². The van der Waals surface area contributed by atoms with Gasteiger partial charge in [-0.1, -0.05) is 19.1 Å². The highest BCUT2D eigenvalue weighted by Gasteiger charge is 2.23. The molecule has 1 aromatic heterocycles. The second-order valence-electron chi connectivity index (χ2n) is 4.51. The molecular formula is C14H18N2OS. The van der Waals surface area contributed by atoms with Crippen molar-refractivity contribution in [3.05, 3.63) is 34.7 Å². The van der Waals surface area contributed by atoms with Gasteiger partial charge in [0.25, 0.3) is 0 Å². The van der Waals surface area contributed by atoms with Crippen molar-refractivity contribution in [2.75, 3.05) is 7.11 Å². The van der Waals surface area contributed by atoms with Gasteiger partial charge in [0.1, 0.15) is 10.8 Å². The predicted octanol–water partition coefficient (Wildman–Crippen LogP) is 3.40. The summed E-state index contributed by atoms with van der Waals surface area (Å²) >= 11 is 1.60. The van der Waals surface area contributed by atoms with Gasteiger partial charge in [0.05, 0.1) is 18.3 Å². The molecule has 96 valence electrons. The van der Waals surface area contributed by atoms with E-state index in [0.717, 1.165) is 28.4 Å². The highest BCUT2D eigenvalue weighted by atomic mass is 32.1. The molecule has 0 spiro atoms. The maximum absolute atomic E-state index is 6.22. The molecule has 2 rings (SSSR count). The Balaban J connectivity index is 2.41. The van der Waals surface area contributed by atoms with E-state index in [0.29, 0.717) is 0 Å². The van der Waals surface area contributed by atoms with Crippen LogP contribution in [-0.4, -0.2) is 12.1 Å². The van der Waals surface area contributed by atoms with Crippen LogP contribution in [0, 0.1) is 0 Å². The first-order chi connectivity index (χ1) is 8.58. The van der Waals surface area contributed by atoms with Gasteiger partial charge in [0.15, 0.2) is 0 Å². The van der Waals surface area contributed by atoms with Crippen LogP contribution in [0.1, 0.15) is 25.3 Å². The molecule has 1 atom stereocenters. The van der Waals surface area contributed by atoms with Crippen LogP contribution in [0.15, 0.2) is 29.6 Å². The average Bonchev–Trinajstić information content (AvgIpc) is 2.89. The van der Waals surface area contributed by atoms with Gasteiger partial charge in [-0.25, -0.2) is 4.98 Å². The number of rotatable bonds is 4. The van der Waals surface area contributed by atoms with Crippen LogP contribution in [0.4, 0.5) is 0 Å². The molecule has 2 aromatic rings. The zero-order chi connectivity index (χ0) is 13.2. The van der Waals surface area contributed by atoms with Crippen molar-refractivity contribution in [1.82, 2.24) is 4.98 Å². The minimum Gasteiger partial charge on any atom is -0.496 e. The Morgan fingerprint density at radius 2 is 2.11 bits per heavy atom. The molecule has 1 heterocycles. The van der Waals surface area contributed by atoms with Crippen LogP contribution < -0.4 is 10.5 Å². The number of hydrogen-bond acceptors (Lipinski definition) is 4. The Morgan fingerprint density at radius 3 is 2.78 bits per heavy atom.